The van der Waals surface area contributed by atoms with Crippen molar-refractivity contribution in [3.05, 3.63) is 65.7 Å². The summed E-state index contributed by atoms with van der Waals surface area (Å²) in [5.41, 5.74) is 2.10. The Kier molecular flexibility index (Phi) is 7.45. The fraction of sp³-hybridized carbons (Fsp3) is 0.435. The zero-order chi connectivity index (χ0) is 20.7. The third-order valence-corrected chi connectivity index (χ3v) is 7.37. The van der Waals surface area contributed by atoms with Crippen LogP contribution in [0.3, 0.4) is 0 Å². The minimum absolute atomic E-state index is 0.112. The lowest BCUT2D eigenvalue weighted by Crippen LogP contribution is -2.35. The van der Waals surface area contributed by atoms with Gasteiger partial charge in [-0.1, -0.05) is 48.9 Å². The molecule has 1 aliphatic rings. The quantitative estimate of drug-likeness (QED) is 0.659. The Balaban J connectivity index is 1.57. The van der Waals surface area contributed by atoms with Gasteiger partial charge < -0.3 is 4.90 Å². The van der Waals surface area contributed by atoms with Crippen LogP contribution in [-0.4, -0.2) is 43.2 Å². The highest BCUT2D eigenvalue weighted by molar-refractivity contribution is 7.89. The number of hydrogen-bond acceptors (Lipinski definition) is 3. The van der Waals surface area contributed by atoms with Gasteiger partial charge in [0.15, 0.2) is 0 Å². The van der Waals surface area contributed by atoms with Crippen molar-refractivity contribution in [2.75, 3.05) is 19.6 Å². The normalized spacial score (nSPS) is 15.2. The fourth-order valence-electron chi connectivity index (χ4n) is 3.67. The molecule has 6 heteroatoms. The molecule has 0 bridgehead atoms. The van der Waals surface area contributed by atoms with Gasteiger partial charge in [-0.2, -0.15) is 4.31 Å². The van der Waals surface area contributed by atoms with E-state index in [1.54, 1.807) is 16.4 Å². The van der Waals surface area contributed by atoms with Gasteiger partial charge in [-0.3, -0.25) is 4.79 Å². The van der Waals surface area contributed by atoms with Crippen LogP contribution in [0.1, 0.15) is 43.7 Å². The molecule has 0 radical (unpaired) electrons. The molecule has 0 unspecified atom stereocenters. The number of sulfonamides is 1. The summed E-state index contributed by atoms with van der Waals surface area (Å²) in [7, 11) is -3.40. The van der Waals surface area contributed by atoms with Gasteiger partial charge in [-0.05, 0) is 49.4 Å². The monoisotopic (exact) mass is 414 g/mol. The Morgan fingerprint density at radius 3 is 2.21 bits per heavy atom. The Bertz CT molecular complexity index is 889. The summed E-state index contributed by atoms with van der Waals surface area (Å²) < 4.78 is 27.0. The highest BCUT2D eigenvalue weighted by Crippen LogP contribution is 2.21. The van der Waals surface area contributed by atoms with Crippen LogP contribution in [0, 0.1) is 0 Å². The molecule has 0 spiro atoms. The summed E-state index contributed by atoms with van der Waals surface area (Å²) in [4.78, 5) is 14.8. The van der Waals surface area contributed by atoms with Gasteiger partial charge in [0.1, 0.15) is 0 Å². The van der Waals surface area contributed by atoms with E-state index >= 15 is 0 Å². The Morgan fingerprint density at radius 1 is 0.931 bits per heavy atom. The Hall–Kier alpha value is -2.18. The van der Waals surface area contributed by atoms with Crippen molar-refractivity contribution >= 4 is 15.9 Å². The molecule has 2 aromatic carbocycles. The van der Waals surface area contributed by atoms with Crippen molar-refractivity contribution in [3.63, 3.8) is 0 Å². The molecule has 29 heavy (non-hydrogen) atoms. The molecular weight excluding hydrogens is 384 g/mol. The van der Waals surface area contributed by atoms with E-state index in [1.165, 1.54) is 0 Å². The number of hydrogen-bond donors (Lipinski definition) is 0. The first-order valence-corrected chi connectivity index (χ1v) is 11.9. The summed E-state index contributed by atoms with van der Waals surface area (Å²) in [5, 5.41) is 0. The first-order valence-electron chi connectivity index (χ1n) is 10.4. The summed E-state index contributed by atoms with van der Waals surface area (Å²) in [6, 6.07) is 17.0. The minimum atomic E-state index is -3.40. The van der Waals surface area contributed by atoms with Crippen LogP contribution in [0.4, 0.5) is 0 Å². The Morgan fingerprint density at radius 2 is 1.59 bits per heavy atom. The lowest BCUT2D eigenvalue weighted by atomic mass is 10.1. The van der Waals surface area contributed by atoms with Crippen molar-refractivity contribution < 1.29 is 13.2 Å². The van der Waals surface area contributed by atoms with E-state index < -0.39 is 10.0 Å². The second-order valence-electron chi connectivity index (χ2n) is 7.50. The van der Waals surface area contributed by atoms with E-state index in [2.05, 4.69) is 0 Å². The van der Waals surface area contributed by atoms with E-state index in [4.69, 9.17) is 0 Å². The summed E-state index contributed by atoms with van der Waals surface area (Å²) in [6.07, 6.45) is 3.97. The number of benzene rings is 2. The molecule has 0 saturated carbocycles. The first kappa shape index (κ1) is 21.5. The molecular formula is C23H30N2O3S. The molecule has 5 nitrogen and oxygen atoms in total. The average Bonchev–Trinajstić information content (AvgIpc) is 2.77. The van der Waals surface area contributed by atoms with Gasteiger partial charge in [-0.15, -0.1) is 0 Å². The van der Waals surface area contributed by atoms with Crippen LogP contribution in [0.15, 0.2) is 59.5 Å². The minimum Gasteiger partial charge on any atom is -0.339 e. The van der Waals surface area contributed by atoms with E-state index in [-0.39, 0.29) is 5.91 Å². The maximum absolute atomic E-state index is 12.7. The molecule has 1 fully saturated rings. The van der Waals surface area contributed by atoms with Crippen LogP contribution < -0.4 is 0 Å². The number of amides is 1. The number of carbonyl (C=O) groups excluding carboxylic acids is 1. The van der Waals surface area contributed by atoms with Gasteiger partial charge in [0.05, 0.1) is 4.90 Å². The highest BCUT2D eigenvalue weighted by atomic mass is 32.2. The van der Waals surface area contributed by atoms with Gasteiger partial charge in [0.2, 0.25) is 15.9 Å². The molecule has 156 valence electrons. The highest BCUT2D eigenvalue weighted by Gasteiger charge is 2.25. The van der Waals surface area contributed by atoms with Crippen molar-refractivity contribution in [3.8, 4) is 0 Å². The molecule has 3 rings (SSSR count). The SMILES string of the molecule is CCN(Cc1ccccc1)C(=O)CCc1ccc(S(=O)(=O)N2CCCCC2)cc1. The van der Waals surface area contributed by atoms with Crippen LogP contribution in [0.5, 0.6) is 0 Å². The maximum atomic E-state index is 12.7. The second kappa shape index (κ2) is 10.0. The Labute approximate surface area is 174 Å². The lowest BCUT2D eigenvalue weighted by molar-refractivity contribution is -0.131. The predicted molar refractivity (Wildman–Crippen MR) is 115 cm³/mol. The summed E-state index contributed by atoms with van der Waals surface area (Å²) in [6.45, 7) is 4.48. The topological polar surface area (TPSA) is 57.7 Å². The van der Waals surface area contributed by atoms with Crippen molar-refractivity contribution in [2.24, 2.45) is 0 Å². The fourth-order valence-corrected chi connectivity index (χ4v) is 5.19. The molecule has 0 N–H and O–H groups in total. The van der Waals surface area contributed by atoms with Crippen LogP contribution in [0.25, 0.3) is 0 Å². The number of piperidine rings is 1. The molecule has 1 heterocycles. The van der Waals surface area contributed by atoms with Gasteiger partial charge in [0, 0.05) is 32.6 Å². The molecule has 1 amide bonds. The van der Waals surface area contributed by atoms with E-state index in [9.17, 15) is 13.2 Å². The standard InChI is InChI=1S/C23H30N2O3S/c1-2-24(19-21-9-5-3-6-10-21)23(26)16-13-20-11-14-22(15-12-20)29(27,28)25-17-7-4-8-18-25/h3,5-6,9-12,14-15H,2,4,7-8,13,16-19H2,1H3. The number of carbonyl (C=O) groups is 1. The zero-order valence-electron chi connectivity index (χ0n) is 17.1. The molecule has 1 saturated heterocycles. The zero-order valence-corrected chi connectivity index (χ0v) is 17.9. The lowest BCUT2D eigenvalue weighted by Gasteiger charge is -2.25. The van der Waals surface area contributed by atoms with Crippen LogP contribution in [-0.2, 0) is 27.8 Å². The van der Waals surface area contributed by atoms with Gasteiger partial charge in [0.25, 0.3) is 0 Å². The largest absolute Gasteiger partial charge is 0.339 e. The number of rotatable bonds is 8. The predicted octanol–water partition coefficient (Wildman–Crippen LogP) is 3.84. The van der Waals surface area contributed by atoms with E-state index in [0.717, 1.165) is 30.4 Å². The summed E-state index contributed by atoms with van der Waals surface area (Å²) >= 11 is 0. The van der Waals surface area contributed by atoms with Gasteiger partial charge >= 0.3 is 0 Å². The van der Waals surface area contributed by atoms with Crippen molar-refractivity contribution in [1.82, 2.24) is 9.21 Å². The third-order valence-electron chi connectivity index (χ3n) is 5.45. The molecule has 0 aromatic heterocycles. The average molecular weight is 415 g/mol. The molecule has 0 aliphatic carbocycles. The summed E-state index contributed by atoms with van der Waals surface area (Å²) in [5.74, 6) is 0.112. The van der Waals surface area contributed by atoms with Crippen molar-refractivity contribution in [2.45, 2.75) is 50.5 Å². The van der Waals surface area contributed by atoms with E-state index in [0.29, 0.717) is 43.9 Å². The molecule has 1 aliphatic heterocycles. The van der Waals surface area contributed by atoms with Crippen LogP contribution in [0.2, 0.25) is 0 Å². The number of nitrogens with zero attached hydrogens (tertiary/aromatic N) is 2. The van der Waals surface area contributed by atoms with Gasteiger partial charge in [-0.25, -0.2) is 8.42 Å². The van der Waals surface area contributed by atoms with Crippen LogP contribution >= 0.6 is 0 Å². The van der Waals surface area contributed by atoms with Crippen molar-refractivity contribution in [1.29, 1.82) is 0 Å². The molecule has 2 aromatic rings. The smallest absolute Gasteiger partial charge is 0.243 e. The maximum Gasteiger partial charge on any atom is 0.243 e. The second-order valence-corrected chi connectivity index (χ2v) is 9.44. The van der Waals surface area contributed by atoms with E-state index in [1.807, 2.05) is 54.3 Å². The number of aryl methyl sites for hydroxylation is 1. The molecule has 0 atom stereocenters. The third kappa shape index (κ3) is 5.67. The first-order chi connectivity index (χ1) is 14.0.